The maximum Gasteiger partial charge on any atom is 0.339 e. The molecule has 0 amide bonds. The molecule has 1 aromatic heterocycles. The van der Waals surface area contributed by atoms with E-state index in [9.17, 15) is 4.79 Å². The molecule has 0 aliphatic rings. The van der Waals surface area contributed by atoms with Crippen LogP contribution in [0, 0.1) is 6.92 Å². The van der Waals surface area contributed by atoms with Crippen molar-refractivity contribution in [1.29, 1.82) is 0 Å². The van der Waals surface area contributed by atoms with Gasteiger partial charge in [0.15, 0.2) is 11.5 Å². The van der Waals surface area contributed by atoms with Gasteiger partial charge in [0, 0.05) is 6.07 Å². The molecule has 1 aromatic rings. The summed E-state index contributed by atoms with van der Waals surface area (Å²) in [5, 5.41) is 8.76. The third kappa shape index (κ3) is 1.96. The van der Waals surface area contributed by atoms with Gasteiger partial charge in [-0.05, 0) is 13.8 Å². The van der Waals surface area contributed by atoms with E-state index in [1.807, 2.05) is 6.92 Å². The molecule has 0 bridgehead atoms. The molecule has 1 heterocycles. The Morgan fingerprint density at radius 3 is 2.79 bits per heavy atom. The summed E-state index contributed by atoms with van der Waals surface area (Å²) in [7, 11) is 0. The van der Waals surface area contributed by atoms with Gasteiger partial charge in [0.1, 0.15) is 11.3 Å². The minimum Gasteiger partial charge on any atom is -0.491 e. The fourth-order valence-corrected chi connectivity index (χ4v) is 1.08. The number of aromatic carboxylic acids is 1. The van der Waals surface area contributed by atoms with Crippen LogP contribution in [0.4, 0.5) is 0 Å². The summed E-state index contributed by atoms with van der Waals surface area (Å²) in [6.45, 7) is 7.50. The number of hydrogen-bond donors (Lipinski definition) is 1. The van der Waals surface area contributed by atoms with Gasteiger partial charge in [0.2, 0.25) is 0 Å². The lowest BCUT2D eigenvalue weighted by Crippen LogP contribution is -1.95. The van der Waals surface area contributed by atoms with E-state index in [-0.39, 0.29) is 5.56 Å². The van der Waals surface area contributed by atoms with Crippen LogP contribution in [-0.2, 0) is 4.74 Å². The second kappa shape index (κ2) is 4.00. The predicted octanol–water partition coefficient (Wildman–Crippen LogP) is 2.29. The van der Waals surface area contributed by atoms with Crippen molar-refractivity contribution in [1.82, 2.24) is 0 Å². The molecule has 0 spiro atoms. The van der Waals surface area contributed by atoms with Crippen molar-refractivity contribution < 1.29 is 19.1 Å². The minimum atomic E-state index is -1.01. The van der Waals surface area contributed by atoms with E-state index in [2.05, 4.69) is 6.58 Å². The summed E-state index contributed by atoms with van der Waals surface area (Å²) in [5.41, 5.74) is 0.140. The minimum absolute atomic E-state index is 0.140. The highest BCUT2D eigenvalue weighted by Crippen LogP contribution is 2.21. The number of hydrogen-bond acceptors (Lipinski definition) is 3. The standard InChI is InChI=1S/C10H12O4/c1-4-13-7(3)9-5-8(10(11)12)6(2)14-9/h5H,3-4H2,1-2H3,(H,11,12). The Balaban J connectivity index is 2.96. The number of ether oxygens (including phenoxy) is 1. The lowest BCUT2D eigenvalue weighted by atomic mass is 10.2. The first-order valence-corrected chi connectivity index (χ1v) is 4.22. The largest absolute Gasteiger partial charge is 0.491 e. The number of carbonyl (C=O) groups is 1. The normalized spacial score (nSPS) is 9.86. The van der Waals surface area contributed by atoms with E-state index in [0.29, 0.717) is 23.9 Å². The summed E-state index contributed by atoms with van der Waals surface area (Å²) in [6, 6.07) is 1.41. The first kappa shape index (κ1) is 10.4. The van der Waals surface area contributed by atoms with Gasteiger partial charge in [-0.15, -0.1) is 0 Å². The molecule has 0 unspecified atom stereocenters. The van der Waals surface area contributed by atoms with Crippen molar-refractivity contribution >= 4 is 11.7 Å². The fourth-order valence-electron chi connectivity index (χ4n) is 1.08. The Morgan fingerprint density at radius 1 is 1.71 bits per heavy atom. The monoisotopic (exact) mass is 196 g/mol. The van der Waals surface area contributed by atoms with Crippen LogP contribution < -0.4 is 0 Å². The van der Waals surface area contributed by atoms with Crippen molar-refractivity contribution in [3.05, 3.63) is 29.7 Å². The Hall–Kier alpha value is -1.71. The first-order chi connectivity index (χ1) is 6.56. The van der Waals surface area contributed by atoms with Gasteiger partial charge in [0.05, 0.1) is 6.61 Å². The summed E-state index contributed by atoms with van der Waals surface area (Å²) in [6.07, 6.45) is 0. The van der Waals surface area contributed by atoms with Crippen molar-refractivity contribution in [2.24, 2.45) is 0 Å². The van der Waals surface area contributed by atoms with Crippen LogP contribution in [0.25, 0.3) is 5.76 Å². The van der Waals surface area contributed by atoms with Crippen LogP contribution in [0.1, 0.15) is 28.8 Å². The third-order valence-corrected chi connectivity index (χ3v) is 1.74. The quantitative estimate of drug-likeness (QED) is 0.750. The molecular formula is C10H12O4. The van der Waals surface area contributed by atoms with Gasteiger partial charge in [-0.2, -0.15) is 0 Å². The molecule has 0 aliphatic heterocycles. The molecule has 1 rings (SSSR count). The average molecular weight is 196 g/mol. The second-order valence-corrected chi connectivity index (χ2v) is 2.74. The molecule has 14 heavy (non-hydrogen) atoms. The zero-order chi connectivity index (χ0) is 10.7. The average Bonchev–Trinajstić information content (AvgIpc) is 2.48. The molecule has 0 saturated heterocycles. The first-order valence-electron chi connectivity index (χ1n) is 4.22. The Bertz CT molecular complexity index is 362. The van der Waals surface area contributed by atoms with Crippen molar-refractivity contribution in [3.63, 3.8) is 0 Å². The zero-order valence-electron chi connectivity index (χ0n) is 8.16. The van der Waals surface area contributed by atoms with Gasteiger partial charge in [-0.1, -0.05) is 6.58 Å². The van der Waals surface area contributed by atoms with Gasteiger partial charge in [0.25, 0.3) is 0 Å². The molecule has 0 radical (unpaired) electrons. The summed E-state index contributed by atoms with van der Waals surface area (Å²) in [4.78, 5) is 10.7. The highest BCUT2D eigenvalue weighted by molar-refractivity contribution is 5.89. The van der Waals surface area contributed by atoms with Crippen LogP contribution >= 0.6 is 0 Å². The maximum atomic E-state index is 10.7. The van der Waals surface area contributed by atoms with Crippen molar-refractivity contribution in [2.75, 3.05) is 6.61 Å². The summed E-state index contributed by atoms with van der Waals surface area (Å²) >= 11 is 0. The van der Waals surface area contributed by atoms with E-state index in [1.54, 1.807) is 6.92 Å². The third-order valence-electron chi connectivity index (χ3n) is 1.74. The Labute approximate surface area is 81.8 Å². The van der Waals surface area contributed by atoms with Crippen LogP contribution in [0.15, 0.2) is 17.1 Å². The fraction of sp³-hybridized carbons (Fsp3) is 0.300. The number of furan rings is 1. The maximum absolute atomic E-state index is 10.7. The summed E-state index contributed by atoms with van der Waals surface area (Å²) < 4.78 is 10.3. The molecule has 0 saturated carbocycles. The Kier molecular flexibility index (Phi) is 2.96. The number of carboxylic acids is 1. The zero-order valence-corrected chi connectivity index (χ0v) is 8.16. The van der Waals surface area contributed by atoms with Gasteiger partial charge in [-0.3, -0.25) is 0 Å². The molecule has 0 aromatic carbocycles. The van der Waals surface area contributed by atoms with Crippen LogP contribution in [0.2, 0.25) is 0 Å². The van der Waals surface area contributed by atoms with Crippen LogP contribution in [0.3, 0.4) is 0 Å². The van der Waals surface area contributed by atoms with Gasteiger partial charge >= 0.3 is 5.97 Å². The molecule has 0 atom stereocenters. The number of carboxylic acid groups (broad SMARTS) is 1. The van der Waals surface area contributed by atoms with E-state index < -0.39 is 5.97 Å². The molecule has 4 nitrogen and oxygen atoms in total. The molecule has 4 heteroatoms. The SMILES string of the molecule is C=C(OCC)c1cc(C(=O)O)c(C)o1. The van der Waals surface area contributed by atoms with E-state index in [0.717, 1.165) is 0 Å². The molecule has 76 valence electrons. The number of aryl methyl sites for hydroxylation is 1. The van der Waals surface area contributed by atoms with Gasteiger partial charge in [-0.25, -0.2) is 4.79 Å². The van der Waals surface area contributed by atoms with Crippen molar-refractivity contribution in [2.45, 2.75) is 13.8 Å². The van der Waals surface area contributed by atoms with Crippen LogP contribution in [-0.4, -0.2) is 17.7 Å². The highest BCUT2D eigenvalue weighted by atomic mass is 16.5. The lowest BCUT2D eigenvalue weighted by molar-refractivity contribution is 0.0695. The predicted molar refractivity (Wildman–Crippen MR) is 51.1 cm³/mol. The van der Waals surface area contributed by atoms with Crippen LogP contribution in [0.5, 0.6) is 0 Å². The van der Waals surface area contributed by atoms with Gasteiger partial charge < -0.3 is 14.3 Å². The number of rotatable bonds is 4. The second-order valence-electron chi connectivity index (χ2n) is 2.74. The topological polar surface area (TPSA) is 59.7 Å². The summed E-state index contributed by atoms with van der Waals surface area (Å²) in [5.74, 6) is 0.0556. The van der Waals surface area contributed by atoms with Crippen molar-refractivity contribution in [3.8, 4) is 0 Å². The molecule has 0 aliphatic carbocycles. The van der Waals surface area contributed by atoms with E-state index in [1.165, 1.54) is 6.07 Å². The highest BCUT2D eigenvalue weighted by Gasteiger charge is 2.15. The molecular weight excluding hydrogens is 184 g/mol. The van der Waals surface area contributed by atoms with E-state index >= 15 is 0 Å². The molecule has 1 N–H and O–H groups in total. The smallest absolute Gasteiger partial charge is 0.339 e. The lowest BCUT2D eigenvalue weighted by Gasteiger charge is -2.01. The Morgan fingerprint density at radius 2 is 2.36 bits per heavy atom. The van der Waals surface area contributed by atoms with E-state index in [4.69, 9.17) is 14.3 Å². The molecule has 0 fully saturated rings.